The summed E-state index contributed by atoms with van der Waals surface area (Å²) >= 11 is 0. The van der Waals surface area contributed by atoms with Gasteiger partial charge < -0.3 is 9.80 Å². The zero-order valence-electron chi connectivity index (χ0n) is 12.1. The number of nitrogens with one attached hydrogen (secondary N) is 1. The number of rotatable bonds is 4. The number of aryl methyl sites for hydroxylation is 1. The van der Waals surface area contributed by atoms with E-state index in [4.69, 9.17) is 5.84 Å². The maximum Gasteiger partial charge on any atom is 0.239 e. The lowest BCUT2D eigenvalue weighted by Gasteiger charge is -2.34. The topological polar surface area (TPSA) is 70.3 Å². The molecule has 6 nitrogen and oxygen atoms in total. The standard InChI is InChI=1S/C13H24N6/c1-10-8-15-13(17-14)16-12(10)19-6-4-11(5-7-19)9-18(2)3/h8,11H,4-7,9,14H2,1-3H3,(H,15,16,17). The monoisotopic (exact) mass is 264 g/mol. The summed E-state index contributed by atoms with van der Waals surface area (Å²) in [6, 6.07) is 0. The number of nitrogen functional groups attached to an aromatic ring is 1. The van der Waals surface area contributed by atoms with Gasteiger partial charge in [0.2, 0.25) is 5.95 Å². The number of nitrogens with two attached hydrogens (primary N) is 1. The van der Waals surface area contributed by atoms with Crippen molar-refractivity contribution >= 4 is 11.8 Å². The van der Waals surface area contributed by atoms with E-state index in [1.165, 1.54) is 19.4 Å². The summed E-state index contributed by atoms with van der Waals surface area (Å²) in [7, 11) is 4.28. The first-order valence-electron chi connectivity index (χ1n) is 6.80. The van der Waals surface area contributed by atoms with Crippen LogP contribution in [0.4, 0.5) is 11.8 Å². The molecule has 0 bridgehead atoms. The van der Waals surface area contributed by atoms with Gasteiger partial charge >= 0.3 is 0 Å². The summed E-state index contributed by atoms with van der Waals surface area (Å²) in [4.78, 5) is 13.2. The van der Waals surface area contributed by atoms with Gasteiger partial charge in [0.1, 0.15) is 5.82 Å². The van der Waals surface area contributed by atoms with E-state index in [1.54, 1.807) is 0 Å². The molecule has 0 unspecified atom stereocenters. The van der Waals surface area contributed by atoms with Gasteiger partial charge in [0.15, 0.2) is 0 Å². The lowest BCUT2D eigenvalue weighted by atomic mass is 9.96. The number of hydrogen-bond donors (Lipinski definition) is 2. The molecule has 106 valence electrons. The molecule has 1 aliphatic heterocycles. The highest BCUT2D eigenvalue weighted by Crippen LogP contribution is 2.25. The van der Waals surface area contributed by atoms with Crippen molar-refractivity contribution < 1.29 is 0 Å². The molecule has 0 amide bonds. The van der Waals surface area contributed by atoms with Crippen molar-refractivity contribution in [3.8, 4) is 0 Å². The molecule has 1 aliphatic rings. The van der Waals surface area contributed by atoms with Gasteiger partial charge in [0, 0.05) is 31.4 Å². The van der Waals surface area contributed by atoms with E-state index in [0.29, 0.717) is 5.95 Å². The molecule has 0 saturated carbocycles. The number of aromatic nitrogens is 2. The van der Waals surface area contributed by atoms with Crippen molar-refractivity contribution in [2.75, 3.05) is 44.1 Å². The van der Waals surface area contributed by atoms with Gasteiger partial charge in [0.05, 0.1) is 0 Å². The van der Waals surface area contributed by atoms with Crippen LogP contribution in [0.2, 0.25) is 0 Å². The van der Waals surface area contributed by atoms with Crippen molar-refractivity contribution in [1.82, 2.24) is 14.9 Å². The van der Waals surface area contributed by atoms with Crippen LogP contribution in [0.3, 0.4) is 0 Å². The first-order chi connectivity index (χ1) is 9.10. The molecule has 19 heavy (non-hydrogen) atoms. The summed E-state index contributed by atoms with van der Waals surface area (Å²) in [5.41, 5.74) is 3.61. The fraction of sp³-hybridized carbons (Fsp3) is 0.692. The highest BCUT2D eigenvalue weighted by Gasteiger charge is 2.22. The molecule has 0 spiro atoms. The molecule has 0 atom stereocenters. The summed E-state index contributed by atoms with van der Waals surface area (Å²) in [5.74, 6) is 7.66. The fourth-order valence-corrected chi connectivity index (χ4v) is 2.67. The van der Waals surface area contributed by atoms with Crippen LogP contribution in [0, 0.1) is 12.8 Å². The summed E-state index contributed by atoms with van der Waals surface area (Å²) in [6.07, 6.45) is 4.25. The zero-order valence-corrected chi connectivity index (χ0v) is 12.1. The van der Waals surface area contributed by atoms with Crippen LogP contribution in [-0.4, -0.2) is 48.6 Å². The molecule has 0 aromatic carbocycles. The Labute approximate surface area is 115 Å². The fourth-order valence-electron chi connectivity index (χ4n) is 2.67. The Morgan fingerprint density at radius 2 is 2.11 bits per heavy atom. The second-order valence-corrected chi connectivity index (χ2v) is 5.54. The van der Waals surface area contributed by atoms with Crippen LogP contribution in [0.1, 0.15) is 18.4 Å². The van der Waals surface area contributed by atoms with Crippen molar-refractivity contribution in [3.63, 3.8) is 0 Å². The van der Waals surface area contributed by atoms with E-state index in [-0.39, 0.29) is 0 Å². The molecule has 6 heteroatoms. The molecule has 0 radical (unpaired) electrons. The molecule has 1 aromatic rings. The third kappa shape index (κ3) is 3.54. The Morgan fingerprint density at radius 1 is 1.42 bits per heavy atom. The van der Waals surface area contributed by atoms with Crippen LogP contribution in [-0.2, 0) is 0 Å². The molecule has 1 aromatic heterocycles. The molecule has 2 rings (SSSR count). The normalized spacial score (nSPS) is 17.0. The number of hydrazine groups is 1. The molecular formula is C13H24N6. The molecule has 0 aliphatic carbocycles. The van der Waals surface area contributed by atoms with Gasteiger partial charge in [-0.05, 0) is 39.8 Å². The Morgan fingerprint density at radius 3 is 2.68 bits per heavy atom. The Bertz CT molecular complexity index is 412. The molecular weight excluding hydrogens is 240 g/mol. The minimum Gasteiger partial charge on any atom is -0.356 e. The SMILES string of the molecule is Cc1cnc(NN)nc1N1CCC(CN(C)C)CC1. The van der Waals surface area contributed by atoms with Gasteiger partial charge in [-0.3, -0.25) is 5.43 Å². The van der Waals surface area contributed by atoms with Gasteiger partial charge in [-0.25, -0.2) is 10.8 Å². The van der Waals surface area contributed by atoms with E-state index in [1.807, 2.05) is 13.1 Å². The van der Waals surface area contributed by atoms with Crippen LogP contribution in [0.25, 0.3) is 0 Å². The second kappa shape index (κ2) is 6.16. The number of nitrogens with zero attached hydrogens (tertiary/aromatic N) is 4. The molecule has 2 heterocycles. The molecule has 3 N–H and O–H groups in total. The first kappa shape index (κ1) is 14.0. The zero-order chi connectivity index (χ0) is 13.8. The summed E-state index contributed by atoms with van der Waals surface area (Å²) in [6.45, 7) is 5.33. The Hall–Kier alpha value is -1.40. The second-order valence-electron chi connectivity index (χ2n) is 5.54. The number of piperidine rings is 1. The van der Waals surface area contributed by atoms with Crippen molar-refractivity contribution in [2.24, 2.45) is 11.8 Å². The van der Waals surface area contributed by atoms with Crippen LogP contribution >= 0.6 is 0 Å². The van der Waals surface area contributed by atoms with E-state index < -0.39 is 0 Å². The predicted octanol–water partition coefficient (Wildman–Crippen LogP) is 0.849. The van der Waals surface area contributed by atoms with Crippen molar-refractivity contribution in [3.05, 3.63) is 11.8 Å². The maximum atomic E-state index is 5.38. The van der Waals surface area contributed by atoms with E-state index in [9.17, 15) is 0 Å². The Kier molecular flexibility index (Phi) is 4.55. The van der Waals surface area contributed by atoms with Crippen molar-refractivity contribution in [2.45, 2.75) is 19.8 Å². The number of hydrogen-bond acceptors (Lipinski definition) is 6. The minimum absolute atomic E-state index is 0.482. The van der Waals surface area contributed by atoms with Crippen molar-refractivity contribution in [1.29, 1.82) is 0 Å². The van der Waals surface area contributed by atoms with Gasteiger partial charge in [-0.1, -0.05) is 0 Å². The number of anilines is 2. The summed E-state index contributed by atoms with van der Waals surface area (Å²) < 4.78 is 0. The van der Waals surface area contributed by atoms with E-state index in [2.05, 4.69) is 39.3 Å². The minimum atomic E-state index is 0.482. The molecule has 1 fully saturated rings. The Balaban J connectivity index is 2.01. The van der Waals surface area contributed by atoms with Gasteiger partial charge in [-0.2, -0.15) is 4.98 Å². The van der Waals surface area contributed by atoms with Crippen LogP contribution < -0.4 is 16.2 Å². The van der Waals surface area contributed by atoms with E-state index in [0.717, 1.165) is 30.4 Å². The average molecular weight is 264 g/mol. The molecule has 1 saturated heterocycles. The largest absolute Gasteiger partial charge is 0.356 e. The van der Waals surface area contributed by atoms with Gasteiger partial charge in [0.25, 0.3) is 0 Å². The highest BCUT2D eigenvalue weighted by molar-refractivity contribution is 5.48. The average Bonchev–Trinajstić information content (AvgIpc) is 2.40. The predicted molar refractivity (Wildman–Crippen MR) is 78.1 cm³/mol. The first-order valence-corrected chi connectivity index (χ1v) is 6.80. The smallest absolute Gasteiger partial charge is 0.239 e. The highest BCUT2D eigenvalue weighted by atomic mass is 15.3. The van der Waals surface area contributed by atoms with Crippen LogP contribution in [0.5, 0.6) is 0 Å². The van der Waals surface area contributed by atoms with Crippen LogP contribution in [0.15, 0.2) is 6.20 Å². The van der Waals surface area contributed by atoms with E-state index >= 15 is 0 Å². The lowest BCUT2D eigenvalue weighted by molar-refractivity contribution is 0.284. The maximum absolute atomic E-state index is 5.38. The summed E-state index contributed by atoms with van der Waals surface area (Å²) in [5, 5.41) is 0. The van der Waals surface area contributed by atoms with Gasteiger partial charge in [-0.15, -0.1) is 0 Å². The lowest BCUT2D eigenvalue weighted by Crippen LogP contribution is -2.38. The third-order valence-electron chi connectivity index (χ3n) is 3.61. The quantitative estimate of drug-likeness (QED) is 0.620. The third-order valence-corrected chi connectivity index (χ3v) is 3.61.